The van der Waals surface area contributed by atoms with E-state index in [1.807, 2.05) is 21.7 Å². The molecule has 1 N–H and O–H groups in total. The number of aliphatic hydroxyl groups excluding tert-OH is 1. The maximum Gasteiger partial charge on any atom is 0.227 e. The van der Waals surface area contributed by atoms with Crippen molar-refractivity contribution in [2.75, 3.05) is 13.2 Å². The first-order valence-electron chi connectivity index (χ1n) is 8.03. The van der Waals surface area contributed by atoms with Crippen molar-refractivity contribution < 1.29 is 14.4 Å². The average Bonchev–Trinajstić information content (AvgIpc) is 3.24. The summed E-state index contributed by atoms with van der Waals surface area (Å²) in [7, 11) is 0. The van der Waals surface area contributed by atoms with E-state index in [1.165, 1.54) is 0 Å². The molecule has 0 aliphatic carbocycles. The van der Waals surface area contributed by atoms with Crippen molar-refractivity contribution in [2.24, 2.45) is 0 Å². The third-order valence-electron chi connectivity index (χ3n) is 4.21. The normalized spacial score (nSPS) is 18.3. The molecular formula is C16H21N3O3S. The van der Waals surface area contributed by atoms with Crippen LogP contribution in [0.3, 0.4) is 0 Å². The Hall–Kier alpha value is -1.73. The number of hydrogen-bond donors (Lipinski definition) is 1. The van der Waals surface area contributed by atoms with E-state index in [2.05, 4.69) is 10.1 Å². The molecule has 0 aromatic carbocycles. The van der Waals surface area contributed by atoms with E-state index in [9.17, 15) is 4.79 Å². The number of rotatable bonds is 6. The number of amides is 1. The maximum absolute atomic E-state index is 12.4. The molecular weight excluding hydrogens is 314 g/mol. The largest absolute Gasteiger partial charge is 0.396 e. The van der Waals surface area contributed by atoms with Gasteiger partial charge in [0.2, 0.25) is 17.6 Å². The number of hydrogen-bond acceptors (Lipinski definition) is 6. The van der Waals surface area contributed by atoms with Crippen LogP contribution < -0.4 is 0 Å². The number of likely N-dealkylation sites (tertiary alicyclic amines) is 1. The van der Waals surface area contributed by atoms with Gasteiger partial charge in [-0.2, -0.15) is 16.3 Å². The van der Waals surface area contributed by atoms with Gasteiger partial charge in [-0.15, -0.1) is 0 Å². The van der Waals surface area contributed by atoms with E-state index in [0.717, 1.165) is 31.4 Å². The second-order valence-corrected chi connectivity index (χ2v) is 6.55. The summed E-state index contributed by atoms with van der Waals surface area (Å²) in [6, 6.07) is 2.11. The van der Waals surface area contributed by atoms with Crippen molar-refractivity contribution >= 4 is 17.2 Å². The van der Waals surface area contributed by atoms with Crippen LogP contribution in [0.2, 0.25) is 0 Å². The van der Waals surface area contributed by atoms with Gasteiger partial charge in [-0.05, 0) is 37.1 Å². The highest BCUT2D eigenvalue weighted by Gasteiger charge is 2.26. The second kappa shape index (κ2) is 7.70. The van der Waals surface area contributed by atoms with Crippen LogP contribution in [-0.4, -0.2) is 45.2 Å². The van der Waals surface area contributed by atoms with Crippen molar-refractivity contribution in [1.29, 1.82) is 0 Å². The molecule has 1 aliphatic heterocycles. The number of nitrogens with zero attached hydrogens (tertiary/aromatic N) is 3. The fourth-order valence-corrected chi connectivity index (χ4v) is 3.64. The SMILES string of the molecule is O=C(CCc1nc(-c2ccsc2)no1)N1CCCCC1CCO. The van der Waals surface area contributed by atoms with Crippen LogP contribution >= 0.6 is 11.3 Å². The highest BCUT2D eigenvalue weighted by molar-refractivity contribution is 7.08. The minimum absolute atomic E-state index is 0.110. The maximum atomic E-state index is 12.4. The third-order valence-corrected chi connectivity index (χ3v) is 4.89. The minimum atomic E-state index is 0.110. The average molecular weight is 335 g/mol. The standard InChI is InChI=1S/C16H21N3O3S/c20-9-6-13-3-1-2-8-19(13)15(21)5-4-14-17-16(18-22-14)12-7-10-23-11-12/h7,10-11,13,20H,1-6,8-9H2. The Morgan fingerprint density at radius 2 is 2.39 bits per heavy atom. The van der Waals surface area contributed by atoms with Gasteiger partial charge >= 0.3 is 0 Å². The zero-order chi connectivity index (χ0) is 16.1. The van der Waals surface area contributed by atoms with Crippen molar-refractivity contribution in [2.45, 2.75) is 44.6 Å². The predicted octanol–water partition coefficient (Wildman–Crippen LogP) is 2.49. The van der Waals surface area contributed by atoms with Crippen molar-refractivity contribution in [1.82, 2.24) is 15.0 Å². The molecule has 1 fully saturated rings. The van der Waals surface area contributed by atoms with Crippen molar-refractivity contribution in [3.05, 3.63) is 22.7 Å². The molecule has 2 aromatic rings. The molecule has 0 saturated carbocycles. The zero-order valence-corrected chi connectivity index (χ0v) is 13.8. The molecule has 1 saturated heterocycles. The predicted molar refractivity (Wildman–Crippen MR) is 87.0 cm³/mol. The van der Waals surface area contributed by atoms with Gasteiger partial charge in [0.05, 0.1) is 0 Å². The monoisotopic (exact) mass is 335 g/mol. The Balaban J connectivity index is 1.56. The van der Waals surface area contributed by atoms with E-state index in [4.69, 9.17) is 9.63 Å². The topological polar surface area (TPSA) is 79.5 Å². The Labute approximate surface area is 139 Å². The van der Waals surface area contributed by atoms with Gasteiger partial charge in [0.25, 0.3) is 0 Å². The van der Waals surface area contributed by atoms with Gasteiger partial charge < -0.3 is 14.5 Å². The van der Waals surface area contributed by atoms with E-state index >= 15 is 0 Å². The van der Waals surface area contributed by atoms with E-state index in [-0.39, 0.29) is 18.6 Å². The summed E-state index contributed by atoms with van der Waals surface area (Å²) < 4.78 is 5.23. The Morgan fingerprint density at radius 3 is 3.17 bits per heavy atom. The van der Waals surface area contributed by atoms with Gasteiger partial charge in [0.15, 0.2) is 0 Å². The molecule has 1 unspecified atom stereocenters. The number of aromatic nitrogens is 2. The summed E-state index contributed by atoms with van der Waals surface area (Å²) in [6.07, 6.45) is 4.63. The van der Waals surface area contributed by atoms with Crippen LogP contribution in [-0.2, 0) is 11.2 Å². The van der Waals surface area contributed by atoms with Crippen molar-refractivity contribution in [3.63, 3.8) is 0 Å². The van der Waals surface area contributed by atoms with Crippen LogP contribution in [0, 0.1) is 0 Å². The lowest BCUT2D eigenvalue weighted by Crippen LogP contribution is -2.44. The van der Waals surface area contributed by atoms with Crippen LogP contribution in [0.4, 0.5) is 0 Å². The summed E-state index contributed by atoms with van der Waals surface area (Å²) in [5.41, 5.74) is 0.940. The smallest absolute Gasteiger partial charge is 0.227 e. The van der Waals surface area contributed by atoms with E-state index in [1.54, 1.807) is 11.3 Å². The fourth-order valence-electron chi connectivity index (χ4n) is 3.00. The van der Waals surface area contributed by atoms with Crippen LogP contribution in [0.25, 0.3) is 11.4 Å². The molecule has 124 valence electrons. The van der Waals surface area contributed by atoms with Gasteiger partial charge in [0.1, 0.15) is 0 Å². The first-order chi connectivity index (χ1) is 11.3. The molecule has 7 heteroatoms. The molecule has 1 amide bonds. The lowest BCUT2D eigenvalue weighted by atomic mass is 9.99. The highest BCUT2D eigenvalue weighted by atomic mass is 32.1. The number of thiophene rings is 1. The van der Waals surface area contributed by atoms with E-state index < -0.39 is 0 Å². The van der Waals surface area contributed by atoms with Gasteiger partial charge in [0, 0.05) is 43.0 Å². The molecule has 6 nitrogen and oxygen atoms in total. The number of carbonyl (C=O) groups excluding carboxylic acids is 1. The molecule has 23 heavy (non-hydrogen) atoms. The summed E-state index contributed by atoms with van der Waals surface area (Å²) >= 11 is 1.58. The first-order valence-corrected chi connectivity index (χ1v) is 8.97. The molecule has 0 bridgehead atoms. The summed E-state index contributed by atoms with van der Waals surface area (Å²) in [4.78, 5) is 18.7. The first kappa shape index (κ1) is 16.1. The second-order valence-electron chi connectivity index (χ2n) is 5.77. The Kier molecular flexibility index (Phi) is 5.40. The van der Waals surface area contributed by atoms with Crippen LogP contribution in [0.5, 0.6) is 0 Å². The minimum Gasteiger partial charge on any atom is -0.396 e. The number of aryl methyl sites for hydroxylation is 1. The van der Waals surface area contributed by atoms with Crippen LogP contribution in [0.15, 0.2) is 21.3 Å². The van der Waals surface area contributed by atoms with Gasteiger partial charge in [-0.25, -0.2) is 0 Å². The number of carbonyl (C=O) groups is 1. The van der Waals surface area contributed by atoms with Gasteiger partial charge in [-0.1, -0.05) is 5.16 Å². The highest BCUT2D eigenvalue weighted by Crippen LogP contribution is 2.22. The molecule has 1 atom stereocenters. The molecule has 3 heterocycles. The molecule has 0 radical (unpaired) electrons. The fraction of sp³-hybridized carbons (Fsp3) is 0.562. The molecule has 2 aromatic heterocycles. The number of piperidine rings is 1. The van der Waals surface area contributed by atoms with Crippen molar-refractivity contribution in [3.8, 4) is 11.4 Å². The molecule has 3 rings (SSSR count). The Bertz CT molecular complexity index is 624. The summed E-state index contributed by atoms with van der Waals surface area (Å²) in [5, 5.41) is 17.0. The Morgan fingerprint density at radius 1 is 1.48 bits per heavy atom. The van der Waals surface area contributed by atoms with Gasteiger partial charge in [-0.3, -0.25) is 4.79 Å². The quantitative estimate of drug-likeness (QED) is 0.877. The summed E-state index contributed by atoms with van der Waals surface area (Å²) in [6.45, 7) is 0.912. The number of aliphatic hydroxyl groups is 1. The van der Waals surface area contributed by atoms with Crippen LogP contribution in [0.1, 0.15) is 38.0 Å². The summed E-state index contributed by atoms with van der Waals surface area (Å²) in [5.74, 6) is 1.18. The molecule has 0 spiro atoms. The zero-order valence-electron chi connectivity index (χ0n) is 13.0. The third kappa shape index (κ3) is 3.97. The van der Waals surface area contributed by atoms with E-state index in [0.29, 0.717) is 31.0 Å². The lowest BCUT2D eigenvalue weighted by Gasteiger charge is -2.35. The lowest BCUT2D eigenvalue weighted by molar-refractivity contribution is -0.135. The molecule has 1 aliphatic rings.